The summed E-state index contributed by atoms with van der Waals surface area (Å²) < 4.78 is 6.32. The first-order chi connectivity index (χ1) is 23.4. The smallest absolute Gasteiger partial charge is 0.319 e. The van der Waals surface area contributed by atoms with Gasteiger partial charge in [-0.25, -0.2) is 4.98 Å². The summed E-state index contributed by atoms with van der Waals surface area (Å²) in [5, 5.41) is 16.1. The Morgan fingerprint density at radius 2 is 1.75 bits per heavy atom. The second-order valence-corrected chi connectivity index (χ2v) is 13.0. The van der Waals surface area contributed by atoms with Gasteiger partial charge in [-0.3, -0.25) is 9.59 Å². The number of nitrogens with one attached hydrogen (secondary N) is 1. The van der Waals surface area contributed by atoms with Crippen LogP contribution in [0.25, 0.3) is 32.8 Å². The van der Waals surface area contributed by atoms with Gasteiger partial charge in [0.2, 0.25) is 0 Å². The summed E-state index contributed by atoms with van der Waals surface area (Å²) in [5.41, 5.74) is 2.59. The second kappa shape index (κ2) is 12.4. The highest BCUT2D eigenvalue weighted by Crippen LogP contribution is 2.40. The van der Waals surface area contributed by atoms with Gasteiger partial charge in [0.05, 0.1) is 5.52 Å². The molecule has 2 aromatic heterocycles. The fourth-order valence-corrected chi connectivity index (χ4v) is 7.58. The van der Waals surface area contributed by atoms with Crippen molar-refractivity contribution in [1.29, 1.82) is 0 Å². The standard InChI is InChI=1S/C37H37N7O4/c1-42-16-6-8-27(42)22-48-37-39-32-18-24(31-19-28(45)17-23-7-2-3-9-29(23)31)11-14-30(32)34(41-37)44-25-12-13-26(44)21-43(20-25)36(47)35(46)40-33-10-4-5-15-38-33/h2-5,7,9-11,14-15,17-19,25-27,45H,6,8,12-13,16,20-22H2,1H3,(H,38,40,46)/t25?,26?,27-/m0/s1. The van der Waals surface area contributed by atoms with Gasteiger partial charge in [-0.1, -0.05) is 36.4 Å². The number of likely N-dealkylation sites (tertiary alicyclic amines) is 2. The number of hydrogen-bond acceptors (Lipinski definition) is 9. The lowest BCUT2D eigenvalue weighted by atomic mass is 9.97. The zero-order valence-corrected chi connectivity index (χ0v) is 26.7. The molecule has 8 rings (SSSR count). The first kappa shape index (κ1) is 30.1. The molecule has 2 bridgehead atoms. The molecule has 3 atom stereocenters. The quantitative estimate of drug-likeness (QED) is 0.250. The number of carbonyl (C=O) groups is 2. The molecular weight excluding hydrogens is 606 g/mol. The van der Waals surface area contributed by atoms with Gasteiger partial charge < -0.3 is 29.9 Å². The molecule has 0 saturated carbocycles. The van der Waals surface area contributed by atoms with Gasteiger partial charge in [0.25, 0.3) is 0 Å². The summed E-state index contributed by atoms with van der Waals surface area (Å²) >= 11 is 0. The number of anilines is 2. The number of benzene rings is 3. The number of carbonyl (C=O) groups excluding carboxylic acids is 2. The van der Waals surface area contributed by atoms with Crippen LogP contribution in [0.15, 0.2) is 79.0 Å². The molecule has 2 N–H and O–H groups in total. The van der Waals surface area contributed by atoms with Crippen molar-refractivity contribution < 1.29 is 19.4 Å². The molecule has 0 spiro atoms. The van der Waals surface area contributed by atoms with Crippen molar-refractivity contribution in [2.24, 2.45) is 0 Å². The van der Waals surface area contributed by atoms with E-state index in [4.69, 9.17) is 14.7 Å². The van der Waals surface area contributed by atoms with Gasteiger partial charge in [0.1, 0.15) is 24.0 Å². The molecule has 0 radical (unpaired) electrons. The minimum absolute atomic E-state index is 0.0167. The molecule has 5 aromatic rings. The number of rotatable bonds is 6. The predicted molar refractivity (Wildman–Crippen MR) is 184 cm³/mol. The van der Waals surface area contributed by atoms with Crippen molar-refractivity contribution in [3.63, 3.8) is 0 Å². The molecular formula is C37H37N7O4. The van der Waals surface area contributed by atoms with Gasteiger partial charge in [-0.2, -0.15) is 9.97 Å². The number of amides is 2. The molecule has 244 valence electrons. The van der Waals surface area contributed by atoms with E-state index in [-0.39, 0.29) is 17.8 Å². The normalized spacial score (nSPS) is 20.8. The number of ether oxygens (including phenoxy) is 1. The minimum Gasteiger partial charge on any atom is -0.508 e. The molecule has 0 aliphatic carbocycles. The van der Waals surface area contributed by atoms with E-state index >= 15 is 0 Å². The Morgan fingerprint density at radius 1 is 0.938 bits per heavy atom. The van der Waals surface area contributed by atoms with Crippen molar-refractivity contribution in [2.45, 2.75) is 43.8 Å². The van der Waals surface area contributed by atoms with Gasteiger partial charge in [0.15, 0.2) is 0 Å². The first-order valence-corrected chi connectivity index (χ1v) is 16.6. The highest BCUT2D eigenvalue weighted by Gasteiger charge is 2.44. The molecule has 3 aromatic carbocycles. The third-order valence-corrected chi connectivity index (χ3v) is 10.0. The summed E-state index contributed by atoms with van der Waals surface area (Å²) in [5.74, 6) is 0.0829. The number of phenolic OH excluding ortho intramolecular Hbond substituents is 1. The topological polar surface area (TPSA) is 124 Å². The number of hydrogen-bond donors (Lipinski definition) is 2. The monoisotopic (exact) mass is 643 g/mol. The zero-order valence-electron chi connectivity index (χ0n) is 26.7. The van der Waals surface area contributed by atoms with Crippen molar-refractivity contribution >= 4 is 45.1 Å². The van der Waals surface area contributed by atoms with Crippen LogP contribution in [0.3, 0.4) is 0 Å². The maximum Gasteiger partial charge on any atom is 0.319 e. The average Bonchev–Trinajstić information content (AvgIpc) is 3.63. The van der Waals surface area contributed by atoms with Crippen molar-refractivity contribution in [2.75, 3.05) is 43.5 Å². The van der Waals surface area contributed by atoms with Crippen LogP contribution in [-0.2, 0) is 9.59 Å². The number of aromatic nitrogens is 3. The predicted octanol–water partition coefficient (Wildman–Crippen LogP) is 4.84. The third kappa shape index (κ3) is 5.64. The molecule has 2 amide bonds. The fourth-order valence-electron chi connectivity index (χ4n) is 7.58. The summed E-state index contributed by atoms with van der Waals surface area (Å²) in [7, 11) is 2.12. The van der Waals surface area contributed by atoms with Crippen molar-refractivity contribution in [3.8, 4) is 22.9 Å². The Hall–Kier alpha value is -5.29. The van der Waals surface area contributed by atoms with Gasteiger partial charge in [0, 0.05) is 42.8 Å². The van der Waals surface area contributed by atoms with Gasteiger partial charge in [-0.15, -0.1) is 0 Å². The number of likely N-dealkylation sites (N-methyl/N-ethyl adjacent to an activating group) is 1. The summed E-state index contributed by atoms with van der Waals surface area (Å²) in [6, 6.07) is 23.5. The molecule has 3 fully saturated rings. The summed E-state index contributed by atoms with van der Waals surface area (Å²) in [4.78, 5) is 46.4. The van der Waals surface area contributed by atoms with E-state index in [9.17, 15) is 14.7 Å². The lowest BCUT2D eigenvalue weighted by Gasteiger charge is -2.41. The average molecular weight is 644 g/mol. The fraction of sp³-hybridized carbons (Fsp3) is 0.324. The third-order valence-electron chi connectivity index (χ3n) is 10.0. The van der Waals surface area contributed by atoms with Crippen LogP contribution in [0.4, 0.5) is 11.6 Å². The van der Waals surface area contributed by atoms with Crippen LogP contribution in [0, 0.1) is 0 Å². The zero-order chi connectivity index (χ0) is 32.8. The Morgan fingerprint density at radius 3 is 2.52 bits per heavy atom. The van der Waals surface area contributed by atoms with Crippen LogP contribution in [-0.4, -0.2) is 93.1 Å². The number of aromatic hydroxyl groups is 1. The molecule has 5 heterocycles. The largest absolute Gasteiger partial charge is 0.508 e. The van der Waals surface area contributed by atoms with E-state index in [0.717, 1.165) is 70.8 Å². The second-order valence-electron chi connectivity index (χ2n) is 13.0. The van der Waals surface area contributed by atoms with Crippen LogP contribution in [0.5, 0.6) is 11.8 Å². The van der Waals surface area contributed by atoms with E-state index in [1.165, 1.54) is 0 Å². The lowest BCUT2D eigenvalue weighted by Crippen LogP contribution is -2.57. The molecule has 48 heavy (non-hydrogen) atoms. The van der Waals surface area contributed by atoms with E-state index in [2.05, 4.69) is 33.2 Å². The number of phenols is 1. The highest BCUT2D eigenvalue weighted by molar-refractivity contribution is 6.39. The Balaban J connectivity index is 1.13. The van der Waals surface area contributed by atoms with E-state index in [1.807, 2.05) is 36.4 Å². The first-order valence-electron chi connectivity index (χ1n) is 16.6. The van der Waals surface area contributed by atoms with E-state index in [1.54, 1.807) is 41.4 Å². The molecule has 3 aliphatic rings. The highest BCUT2D eigenvalue weighted by atomic mass is 16.5. The maximum atomic E-state index is 13.3. The summed E-state index contributed by atoms with van der Waals surface area (Å²) in [6.07, 6.45) is 5.53. The Labute approximate surface area is 278 Å². The van der Waals surface area contributed by atoms with E-state index in [0.29, 0.717) is 37.6 Å². The van der Waals surface area contributed by atoms with Crippen LogP contribution in [0.2, 0.25) is 0 Å². The van der Waals surface area contributed by atoms with Gasteiger partial charge >= 0.3 is 17.8 Å². The van der Waals surface area contributed by atoms with Gasteiger partial charge in [-0.05, 0) is 97.6 Å². The van der Waals surface area contributed by atoms with Crippen molar-refractivity contribution in [1.82, 2.24) is 24.8 Å². The SMILES string of the molecule is CN1CCC[C@H]1COc1nc(N2C3CCC2CN(C(=O)C(=O)Nc2ccccn2)C3)c2ccc(-c3cc(O)cc4ccccc34)cc2n1. The number of piperazine rings is 1. The summed E-state index contributed by atoms with van der Waals surface area (Å²) in [6.45, 7) is 2.37. The van der Waals surface area contributed by atoms with Crippen molar-refractivity contribution in [3.05, 3.63) is 79.0 Å². The lowest BCUT2D eigenvalue weighted by molar-refractivity contribution is -0.143. The Kier molecular flexibility index (Phi) is 7.76. The molecule has 3 saturated heterocycles. The maximum absolute atomic E-state index is 13.3. The van der Waals surface area contributed by atoms with Crippen LogP contribution >= 0.6 is 0 Å². The molecule has 2 unspecified atom stereocenters. The number of pyridine rings is 1. The number of nitrogens with zero attached hydrogens (tertiary/aromatic N) is 6. The molecule has 3 aliphatic heterocycles. The van der Waals surface area contributed by atoms with Crippen LogP contribution < -0.4 is 15.0 Å². The number of fused-ring (bicyclic) bond motifs is 4. The molecule has 11 nitrogen and oxygen atoms in total. The minimum atomic E-state index is -0.686. The van der Waals surface area contributed by atoms with E-state index < -0.39 is 11.8 Å². The van der Waals surface area contributed by atoms with Crippen LogP contribution in [0.1, 0.15) is 25.7 Å². The molecule has 11 heteroatoms. The Bertz CT molecular complexity index is 2010.